The molecule has 5 nitrogen and oxygen atoms in total. The third-order valence-corrected chi connectivity index (χ3v) is 6.51. The maximum Gasteiger partial charge on any atom is 0.257 e. The topological polar surface area (TPSA) is 45.6 Å². The van der Waals surface area contributed by atoms with Gasteiger partial charge in [0.05, 0.1) is 11.4 Å². The third kappa shape index (κ3) is 2.65. The van der Waals surface area contributed by atoms with Gasteiger partial charge in [-0.05, 0) is 45.6 Å². The SMILES string of the molecule is Cc1cc(C(=O)N2CSC[C@H]2C(=O)N(C)C2CC2)c(C)n1C1CC1. The quantitative estimate of drug-likeness (QED) is 0.841. The monoisotopic (exact) mass is 347 g/mol. The number of amides is 2. The number of hydrogen-bond acceptors (Lipinski definition) is 3. The lowest BCUT2D eigenvalue weighted by molar-refractivity contribution is -0.134. The molecule has 1 aliphatic heterocycles. The van der Waals surface area contributed by atoms with Crippen LogP contribution in [0.15, 0.2) is 6.07 Å². The Hall–Kier alpha value is -1.43. The number of nitrogens with zero attached hydrogens (tertiary/aromatic N) is 3. The molecule has 1 aromatic heterocycles. The predicted molar refractivity (Wildman–Crippen MR) is 95.3 cm³/mol. The van der Waals surface area contributed by atoms with E-state index in [1.807, 2.05) is 24.9 Å². The molecule has 0 unspecified atom stereocenters. The van der Waals surface area contributed by atoms with Crippen molar-refractivity contribution in [2.75, 3.05) is 18.7 Å². The summed E-state index contributed by atoms with van der Waals surface area (Å²) in [6.07, 6.45) is 4.60. The molecule has 3 fully saturated rings. The number of aryl methyl sites for hydroxylation is 1. The van der Waals surface area contributed by atoms with Crippen molar-refractivity contribution in [3.05, 3.63) is 23.0 Å². The molecule has 24 heavy (non-hydrogen) atoms. The summed E-state index contributed by atoms with van der Waals surface area (Å²) in [5.41, 5.74) is 2.98. The zero-order valence-electron chi connectivity index (χ0n) is 14.6. The Balaban J connectivity index is 1.57. The molecule has 130 valence electrons. The lowest BCUT2D eigenvalue weighted by Gasteiger charge is -2.27. The molecule has 0 radical (unpaired) electrons. The molecule has 2 aliphatic carbocycles. The van der Waals surface area contributed by atoms with E-state index in [-0.39, 0.29) is 17.9 Å². The summed E-state index contributed by atoms with van der Waals surface area (Å²) in [4.78, 5) is 29.5. The highest BCUT2D eigenvalue weighted by Crippen LogP contribution is 2.39. The van der Waals surface area contributed by atoms with E-state index in [2.05, 4.69) is 11.5 Å². The second-order valence-electron chi connectivity index (χ2n) is 7.36. The van der Waals surface area contributed by atoms with Crippen molar-refractivity contribution in [1.29, 1.82) is 0 Å². The minimum Gasteiger partial charge on any atom is -0.345 e. The highest BCUT2D eigenvalue weighted by molar-refractivity contribution is 7.99. The van der Waals surface area contributed by atoms with Gasteiger partial charge in [-0.2, -0.15) is 0 Å². The van der Waals surface area contributed by atoms with Crippen molar-refractivity contribution in [1.82, 2.24) is 14.4 Å². The molecule has 1 aromatic rings. The van der Waals surface area contributed by atoms with Gasteiger partial charge >= 0.3 is 0 Å². The fraction of sp³-hybridized carbons (Fsp3) is 0.667. The van der Waals surface area contributed by atoms with E-state index in [1.165, 1.54) is 12.8 Å². The number of carbonyl (C=O) groups is 2. The van der Waals surface area contributed by atoms with E-state index in [1.54, 1.807) is 16.7 Å². The van der Waals surface area contributed by atoms with Gasteiger partial charge < -0.3 is 14.4 Å². The van der Waals surface area contributed by atoms with Crippen LogP contribution in [-0.2, 0) is 4.79 Å². The number of hydrogen-bond donors (Lipinski definition) is 0. The average Bonchev–Trinajstić information content (AvgIpc) is 3.49. The highest BCUT2D eigenvalue weighted by Gasteiger charge is 2.41. The first-order valence-corrected chi connectivity index (χ1v) is 9.98. The molecule has 0 spiro atoms. The number of likely N-dealkylation sites (N-methyl/N-ethyl adjacent to an activating group) is 1. The molecular formula is C18H25N3O2S. The molecule has 2 heterocycles. The van der Waals surface area contributed by atoms with Crippen LogP contribution in [0.25, 0.3) is 0 Å². The number of carbonyl (C=O) groups excluding carboxylic acids is 2. The minimum absolute atomic E-state index is 0.0162. The highest BCUT2D eigenvalue weighted by atomic mass is 32.2. The first-order chi connectivity index (χ1) is 11.5. The summed E-state index contributed by atoms with van der Waals surface area (Å²) in [5.74, 6) is 1.44. The Kier molecular flexibility index (Phi) is 3.90. The first-order valence-electron chi connectivity index (χ1n) is 8.83. The largest absolute Gasteiger partial charge is 0.345 e. The van der Waals surface area contributed by atoms with E-state index >= 15 is 0 Å². The maximum absolute atomic E-state index is 13.1. The summed E-state index contributed by atoms with van der Waals surface area (Å²) < 4.78 is 2.30. The molecule has 0 N–H and O–H groups in total. The number of rotatable bonds is 4. The summed E-state index contributed by atoms with van der Waals surface area (Å²) in [7, 11) is 1.88. The standard InChI is InChI=1S/C18H25N3O2S/c1-11-8-15(12(2)21(11)14-6-7-14)17(22)20-10-24-9-16(20)18(23)19(3)13-4-5-13/h8,13-14,16H,4-7,9-10H2,1-3H3/t16-/m0/s1. The van der Waals surface area contributed by atoms with Gasteiger partial charge in [0.1, 0.15) is 6.04 Å². The average molecular weight is 347 g/mol. The molecular weight excluding hydrogens is 322 g/mol. The summed E-state index contributed by atoms with van der Waals surface area (Å²) >= 11 is 1.68. The summed E-state index contributed by atoms with van der Waals surface area (Å²) in [6.45, 7) is 4.11. The molecule has 0 aromatic carbocycles. The Morgan fingerprint density at radius 2 is 1.92 bits per heavy atom. The van der Waals surface area contributed by atoms with Crippen LogP contribution in [0.1, 0.15) is 53.5 Å². The van der Waals surface area contributed by atoms with Crippen LogP contribution in [0.2, 0.25) is 0 Å². The van der Waals surface area contributed by atoms with Crippen molar-refractivity contribution >= 4 is 23.6 Å². The van der Waals surface area contributed by atoms with Gasteiger partial charge in [-0.1, -0.05) is 0 Å². The zero-order chi connectivity index (χ0) is 17.0. The van der Waals surface area contributed by atoms with Crippen LogP contribution in [0, 0.1) is 13.8 Å². The zero-order valence-corrected chi connectivity index (χ0v) is 15.4. The molecule has 0 bridgehead atoms. The Morgan fingerprint density at radius 1 is 1.21 bits per heavy atom. The Labute approximate surface area is 147 Å². The lowest BCUT2D eigenvalue weighted by Crippen LogP contribution is -2.48. The molecule has 2 saturated carbocycles. The fourth-order valence-electron chi connectivity index (χ4n) is 3.77. The molecule has 2 amide bonds. The molecule has 1 atom stereocenters. The van der Waals surface area contributed by atoms with Crippen molar-refractivity contribution in [2.24, 2.45) is 0 Å². The van der Waals surface area contributed by atoms with E-state index in [4.69, 9.17) is 0 Å². The normalized spacial score (nSPS) is 23.6. The second kappa shape index (κ2) is 5.83. The van der Waals surface area contributed by atoms with Crippen LogP contribution in [0.5, 0.6) is 0 Å². The predicted octanol–water partition coefficient (Wildman–Crippen LogP) is 2.58. The van der Waals surface area contributed by atoms with Crippen molar-refractivity contribution in [2.45, 2.75) is 57.7 Å². The van der Waals surface area contributed by atoms with Gasteiger partial charge in [0.2, 0.25) is 5.91 Å². The summed E-state index contributed by atoms with van der Waals surface area (Å²) in [5, 5.41) is 0. The van der Waals surface area contributed by atoms with E-state index in [9.17, 15) is 9.59 Å². The van der Waals surface area contributed by atoms with E-state index in [0.717, 1.165) is 29.8 Å². The third-order valence-electron chi connectivity index (χ3n) is 5.50. The van der Waals surface area contributed by atoms with Crippen LogP contribution < -0.4 is 0 Å². The Morgan fingerprint density at radius 3 is 2.54 bits per heavy atom. The van der Waals surface area contributed by atoms with Crippen molar-refractivity contribution < 1.29 is 9.59 Å². The minimum atomic E-state index is -0.308. The van der Waals surface area contributed by atoms with Gasteiger partial charge in [-0.3, -0.25) is 9.59 Å². The van der Waals surface area contributed by atoms with Gasteiger partial charge in [-0.15, -0.1) is 11.8 Å². The number of aromatic nitrogens is 1. The van der Waals surface area contributed by atoms with Crippen LogP contribution in [0.4, 0.5) is 0 Å². The molecule has 4 rings (SSSR count). The second-order valence-corrected chi connectivity index (χ2v) is 8.36. The fourth-order valence-corrected chi connectivity index (χ4v) is 4.91. The van der Waals surface area contributed by atoms with E-state index < -0.39 is 0 Å². The maximum atomic E-state index is 13.1. The lowest BCUT2D eigenvalue weighted by atomic mass is 10.1. The summed E-state index contributed by atoms with van der Waals surface area (Å²) in [6, 6.07) is 2.65. The van der Waals surface area contributed by atoms with Gasteiger partial charge in [0, 0.05) is 36.3 Å². The number of thioether (sulfide) groups is 1. The first kappa shape index (κ1) is 16.1. The molecule has 3 aliphatic rings. The van der Waals surface area contributed by atoms with E-state index in [0.29, 0.717) is 23.7 Å². The Bertz CT molecular complexity index is 691. The van der Waals surface area contributed by atoms with Crippen molar-refractivity contribution in [3.8, 4) is 0 Å². The molecule has 6 heteroatoms. The van der Waals surface area contributed by atoms with Crippen molar-refractivity contribution in [3.63, 3.8) is 0 Å². The van der Waals surface area contributed by atoms with Gasteiger partial charge in [0.15, 0.2) is 0 Å². The van der Waals surface area contributed by atoms with Crippen LogP contribution in [-0.4, -0.2) is 56.9 Å². The van der Waals surface area contributed by atoms with Gasteiger partial charge in [0.25, 0.3) is 5.91 Å². The van der Waals surface area contributed by atoms with Crippen LogP contribution >= 0.6 is 11.8 Å². The van der Waals surface area contributed by atoms with Crippen LogP contribution in [0.3, 0.4) is 0 Å². The van der Waals surface area contributed by atoms with Gasteiger partial charge in [-0.25, -0.2) is 0 Å². The smallest absolute Gasteiger partial charge is 0.257 e. The molecule has 1 saturated heterocycles.